The van der Waals surface area contributed by atoms with Crippen molar-refractivity contribution in [3.8, 4) is 5.69 Å². The van der Waals surface area contributed by atoms with Crippen molar-refractivity contribution in [1.82, 2.24) is 24.2 Å². The highest BCUT2D eigenvalue weighted by atomic mass is 35.5. The van der Waals surface area contributed by atoms with Gasteiger partial charge in [-0.1, -0.05) is 29.4 Å². The van der Waals surface area contributed by atoms with Gasteiger partial charge in [0.1, 0.15) is 5.39 Å². The van der Waals surface area contributed by atoms with E-state index in [0.29, 0.717) is 46.7 Å². The molecule has 1 fully saturated rings. The lowest BCUT2D eigenvalue weighted by atomic mass is 9.97. The Hall–Kier alpha value is -2.85. The van der Waals surface area contributed by atoms with Crippen LogP contribution in [0.3, 0.4) is 0 Å². The molecule has 2 atom stereocenters. The number of hydrogen-bond acceptors (Lipinski definition) is 7. The molecule has 0 bridgehead atoms. The van der Waals surface area contributed by atoms with Crippen molar-refractivity contribution in [3.05, 3.63) is 45.8 Å². The van der Waals surface area contributed by atoms with Crippen LogP contribution in [-0.4, -0.2) is 61.6 Å². The van der Waals surface area contributed by atoms with Crippen molar-refractivity contribution in [2.75, 3.05) is 25.4 Å². The molecule has 178 valence electrons. The predicted octanol–water partition coefficient (Wildman–Crippen LogP) is 3.07. The van der Waals surface area contributed by atoms with Crippen molar-refractivity contribution in [2.45, 2.75) is 37.4 Å². The maximum atomic E-state index is 13.4. The molecule has 1 saturated heterocycles. The highest BCUT2D eigenvalue weighted by Crippen LogP contribution is 2.34. The Morgan fingerprint density at radius 3 is 2.97 bits per heavy atom. The number of hydrogen-bond donors (Lipinski definition) is 0. The van der Waals surface area contributed by atoms with Gasteiger partial charge in [-0.2, -0.15) is 5.10 Å². The van der Waals surface area contributed by atoms with Gasteiger partial charge >= 0.3 is 5.97 Å². The second-order valence-corrected chi connectivity index (χ2v) is 9.87. The molecule has 4 heterocycles. The summed E-state index contributed by atoms with van der Waals surface area (Å²) in [5.74, 6) is -0.0139. The van der Waals surface area contributed by atoms with E-state index in [0.717, 1.165) is 18.5 Å². The fourth-order valence-electron chi connectivity index (χ4n) is 4.56. The van der Waals surface area contributed by atoms with Crippen molar-refractivity contribution < 1.29 is 14.3 Å². The van der Waals surface area contributed by atoms with E-state index in [9.17, 15) is 14.4 Å². The molecule has 11 heteroatoms. The van der Waals surface area contributed by atoms with Crippen molar-refractivity contribution in [3.63, 3.8) is 0 Å². The van der Waals surface area contributed by atoms with Crippen LogP contribution in [0.2, 0.25) is 5.02 Å². The molecule has 2 unspecified atom stereocenters. The Morgan fingerprint density at radius 2 is 2.18 bits per heavy atom. The molecule has 0 saturated carbocycles. The summed E-state index contributed by atoms with van der Waals surface area (Å²) < 4.78 is 8.35. The summed E-state index contributed by atoms with van der Waals surface area (Å²) in [6.45, 7) is 3.08. The van der Waals surface area contributed by atoms with Crippen LogP contribution < -0.4 is 5.56 Å². The zero-order valence-corrected chi connectivity index (χ0v) is 20.2. The van der Waals surface area contributed by atoms with Gasteiger partial charge in [0.2, 0.25) is 5.91 Å². The molecular formula is C23H24ClN5O4S. The van der Waals surface area contributed by atoms with E-state index in [1.54, 1.807) is 33.2 Å². The van der Waals surface area contributed by atoms with Gasteiger partial charge in [-0.3, -0.25) is 19.0 Å². The Balaban J connectivity index is 1.38. The molecule has 9 nitrogen and oxygen atoms in total. The molecule has 0 N–H and O–H groups in total. The summed E-state index contributed by atoms with van der Waals surface area (Å²) >= 11 is 7.57. The number of carbonyl (C=O) groups is 2. The smallest absolute Gasteiger partial charge is 0.310 e. The molecule has 1 aromatic carbocycles. The first-order valence-electron chi connectivity index (χ1n) is 11.3. The van der Waals surface area contributed by atoms with Crippen LogP contribution in [-0.2, 0) is 14.3 Å². The first-order valence-corrected chi connectivity index (χ1v) is 12.7. The van der Waals surface area contributed by atoms with Crippen LogP contribution in [0.5, 0.6) is 0 Å². The number of benzene rings is 1. The van der Waals surface area contributed by atoms with Gasteiger partial charge in [-0.25, -0.2) is 9.67 Å². The molecule has 2 aliphatic heterocycles. The van der Waals surface area contributed by atoms with E-state index in [2.05, 4.69) is 5.10 Å². The van der Waals surface area contributed by atoms with E-state index in [-0.39, 0.29) is 35.8 Å². The zero-order valence-electron chi connectivity index (χ0n) is 18.6. The fourth-order valence-corrected chi connectivity index (χ4v) is 5.88. The number of likely N-dealkylation sites (tertiary alicyclic amines) is 1. The third-order valence-corrected chi connectivity index (χ3v) is 7.56. The normalized spacial score (nSPS) is 19.9. The number of thioether (sulfide) groups is 1. The van der Waals surface area contributed by atoms with E-state index in [1.165, 1.54) is 18.0 Å². The quantitative estimate of drug-likeness (QED) is 0.391. The topological polar surface area (TPSA) is 99.3 Å². The van der Waals surface area contributed by atoms with Crippen LogP contribution in [0.4, 0.5) is 0 Å². The number of aromatic nitrogens is 4. The third-order valence-electron chi connectivity index (χ3n) is 6.23. The number of piperidine rings is 1. The van der Waals surface area contributed by atoms with Crippen molar-refractivity contribution in [2.24, 2.45) is 5.92 Å². The number of fused-ring (bicyclic) bond motifs is 2. The minimum Gasteiger partial charge on any atom is -0.466 e. The molecular weight excluding hydrogens is 478 g/mol. The standard InChI is InChI=1S/C23H24ClN5O4S/c1-2-33-22(32)14-5-4-8-27(12-14)19(30)10-17-13-34-23-26-20-18(21(31)28(17)23)11-25-29(20)16-7-3-6-15(24)9-16/h3,6-7,9,11,14,17H,2,4-5,8,10,12-13H2,1H3. The molecule has 1 amide bonds. The minimum absolute atomic E-state index is 0.0610. The molecule has 0 aliphatic carbocycles. The first kappa shape index (κ1) is 22.9. The summed E-state index contributed by atoms with van der Waals surface area (Å²) in [7, 11) is 0. The second kappa shape index (κ2) is 9.42. The van der Waals surface area contributed by atoms with Gasteiger partial charge in [-0.05, 0) is 38.0 Å². The zero-order chi connectivity index (χ0) is 23.8. The van der Waals surface area contributed by atoms with Gasteiger partial charge < -0.3 is 9.64 Å². The number of ether oxygens (including phenoxy) is 1. The van der Waals surface area contributed by atoms with E-state index in [4.69, 9.17) is 21.3 Å². The summed E-state index contributed by atoms with van der Waals surface area (Å²) in [6.07, 6.45) is 3.18. The Morgan fingerprint density at radius 1 is 1.32 bits per heavy atom. The molecule has 5 rings (SSSR count). The molecule has 3 aromatic rings. The van der Waals surface area contributed by atoms with E-state index < -0.39 is 0 Å². The average Bonchev–Trinajstić information content (AvgIpc) is 3.44. The summed E-state index contributed by atoms with van der Waals surface area (Å²) in [6, 6.07) is 6.90. The van der Waals surface area contributed by atoms with Gasteiger partial charge in [-0.15, -0.1) is 0 Å². The molecule has 0 spiro atoms. The summed E-state index contributed by atoms with van der Waals surface area (Å²) in [5, 5.41) is 5.89. The predicted molar refractivity (Wildman–Crippen MR) is 128 cm³/mol. The van der Waals surface area contributed by atoms with Crippen LogP contribution in [0, 0.1) is 5.92 Å². The van der Waals surface area contributed by atoms with Crippen LogP contribution in [0.15, 0.2) is 40.4 Å². The number of esters is 1. The third kappa shape index (κ3) is 4.20. The summed E-state index contributed by atoms with van der Waals surface area (Å²) in [4.78, 5) is 45.0. The molecule has 2 aromatic heterocycles. The lowest BCUT2D eigenvalue weighted by Gasteiger charge is -2.32. The Kier molecular flexibility index (Phi) is 6.35. The van der Waals surface area contributed by atoms with Crippen molar-refractivity contribution >= 4 is 46.3 Å². The number of nitrogens with zero attached hydrogens (tertiary/aromatic N) is 5. The molecule has 34 heavy (non-hydrogen) atoms. The second-order valence-electron chi connectivity index (χ2n) is 8.44. The largest absolute Gasteiger partial charge is 0.466 e. The van der Waals surface area contributed by atoms with Gasteiger partial charge in [0.25, 0.3) is 5.56 Å². The Labute approximate surface area is 205 Å². The van der Waals surface area contributed by atoms with Crippen LogP contribution in [0.25, 0.3) is 16.7 Å². The molecule has 0 radical (unpaired) electrons. The van der Waals surface area contributed by atoms with Gasteiger partial charge in [0.15, 0.2) is 10.8 Å². The lowest BCUT2D eigenvalue weighted by Crippen LogP contribution is -2.43. The minimum atomic E-state index is -0.297. The lowest BCUT2D eigenvalue weighted by molar-refractivity contribution is -0.151. The number of amides is 1. The van der Waals surface area contributed by atoms with Gasteiger partial charge in [0, 0.05) is 30.3 Å². The first-order chi connectivity index (χ1) is 16.5. The average molecular weight is 502 g/mol. The summed E-state index contributed by atoms with van der Waals surface area (Å²) in [5.41, 5.74) is 0.973. The molecule has 2 aliphatic rings. The number of halogens is 1. The fraction of sp³-hybridized carbons (Fsp3) is 0.435. The maximum Gasteiger partial charge on any atom is 0.310 e. The number of rotatable bonds is 5. The van der Waals surface area contributed by atoms with Gasteiger partial charge in [0.05, 0.1) is 30.5 Å². The van der Waals surface area contributed by atoms with E-state index >= 15 is 0 Å². The highest BCUT2D eigenvalue weighted by molar-refractivity contribution is 7.99. The maximum absolute atomic E-state index is 13.4. The van der Waals surface area contributed by atoms with Crippen LogP contribution >= 0.6 is 23.4 Å². The highest BCUT2D eigenvalue weighted by Gasteiger charge is 2.34. The number of carbonyl (C=O) groups excluding carboxylic acids is 2. The van der Waals surface area contributed by atoms with Crippen molar-refractivity contribution in [1.29, 1.82) is 0 Å². The Bertz CT molecular complexity index is 1320. The monoisotopic (exact) mass is 501 g/mol. The SMILES string of the molecule is CCOC(=O)C1CCCN(C(=O)CC2CSc3nc4c(cnn4-c4cccc(Cl)c4)c(=O)n32)C1. The van der Waals surface area contributed by atoms with Crippen LogP contribution in [0.1, 0.15) is 32.2 Å². The van der Waals surface area contributed by atoms with E-state index in [1.807, 2.05) is 12.1 Å².